The molecular weight excluding hydrogens is 316 g/mol. The molecule has 0 bridgehead atoms. The van der Waals surface area contributed by atoms with Crippen molar-refractivity contribution in [2.24, 2.45) is 5.92 Å². The molecule has 2 aromatic rings. The standard InChI is InChI=1S/C20H20N2O3/c1-24-18-11-14(12-21)7-10-17(18)25-13-19(23)22-20(16-8-9-16)15-5-3-2-4-6-15/h2-7,10-11,16,20H,8-9,13H2,1H3,(H,22,23). The maximum atomic E-state index is 12.3. The van der Waals surface area contributed by atoms with Gasteiger partial charge < -0.3 is 14.8 Å². The molecule has 1 amide bonds. The van der Waals surface area contributed by atoms with E-state index in [9.17, 15) is 4.79 Å². The quantitative estimate of drug-likeness (QED) is 0.843. The third-order valence-electron chi connectivity index (χ3n) is 4.22. The minimum absolute atomic E-state index is 0.0279. The Morgan fingerprint density at radius 3 is 2.64 bits per heavy atom. The number of carbonyl (C=O) groups excluding carboxylic acids is 1. The fourth-order valence-electron chi connectivity index (χ4n) is 2.78. The maximum absolute atomic E-state index is 12.3. The van der Waals surface area contributed by atoms with Crippen LogP contribution in [-0.2, 0) is 4.79 Å². The number of nitrogens with one attached hydrogen (secondary N) is 1. The SMILES string of the molecule is COc1cc(C#N)ccc1OCC(=O)NC(c1ccccc1)C1CC1. The summed E-state index contributed by atoms with van der Waals surface area (Å²) in [4.78, 5) is 12.3. The average molecular weight is 336 g/mol. The zero-order valence-corrected chi connectivity index (χ0v) is 14.1. The summed E-state index contributed by atoms with van der Waals surface area (Å²) in [5.41, 5.74) is 1.60. The number of carbonyl (C=O) groups is 1. The predicted molar refractivity (Wildman–Crippen MR) is 93.3 cm³/mol. The smallest absolute Gasteiger partial charge is 0.258 e. The van der Waals surface area contributed by atoms with Gasteiger partial charge in [0.25, 0.3) is 5.91 Å². The van der Waals surface area contributed by atoms with Crippen LogP contribution in [0.1, 0.15) is 30.0 Å². The number of hydrogen-bond donors (Lipinski definition) is 1. The van der Waals surface area contributed by atoms with Gasteiger partial charge >= 0.3 is 0 Å². The van der Waals surface area contributed by atoms with Crippen molar-refractivity contribution in [3.05, 3.63) is 59.7 Å². The van der Waals surface area contributed by atoms with E-state index in [1.165, 1.54) is 7.11 Å². The summed E-state index contributed by atoms with van der Waals surface area (Å²) in [5, 5.41) is 12.0. The van der Waals surface area contributed by atoms with Crippen molar-refractivity contribution >= 4 is 5.91 Å². The molecule has 0 spiro atoms. The first-order chi connectivity index (χ1) is 12.2. The topological polar surface area (TPSA) is 71.3 Å². The predicted octanol–water partition coefficient (Wildman–Crippen LogP) is 3.21. The lowest BCUT2D eigenvalue weighted by molar-refractivity contribution is -0.124. The van der Waals surface area contributed by atoms with Crippen molar-refractivity contribution < 1.29 is 14.3 Å². The van der Waals surface area contributed by atoms with Gasteiger partial charge in [-0.15, -0.1) is 0 Å². The van der Waals surface area contributed by atoms with Crippen molar-refractivity contribution in [3.8, 4) is 17.6 Å². The number of nitriles is 1. The summed E-state index contributed by atoms with van der Waals surface area (Å²) >= 11 is 0. The number of nitrogens with zero attached hydrogens (tertiary/aromatic N) is 1. The summed E-state index contributed by atoms with van der Waals surface area (Å²) < 4.78 is 10.8. The number of rotatable bonds is 7. The Labute approximate surface area is 147 Å². The van der Waals surface area contributed by atoms with Crippen LogP contribution in [0.2, 0.25) is 0 Å². The first kappa shape index (κ1) is 16.8. The molecule has 3 rings (SSSR count). The van der Waals surface area contributed by atoms with E-state index < -0.39 is 0 Å². The molecule has 1 aliphatic carbocycles. The molecule has 0 aromatic heterocycles. The molecular formula is C20H20N2O3. The molecule has 2 aromatic carbocycles. The van der Waals surface area contributed by atoms with E-state index in [1.54, 1.807) is 18.2 Å². The van der Waals surface area contributed by atoms with Crippen LogP contribution < -0.4 is 14.8 Å². The number of amides is 1. The fraction of sp³-hybridized carbons (Fsp3) is 0.300. The van der Waals surface area contributed by atoms with E-state index in [0.29, 0.717) is 23.0 Å². The highest BCUT2D eigenvalue weighted by Gasteiger charge is 2.33. The summed E-state index contributed by atoms with van der Waals surface area (Å²) in [6, 6.07) is 16.9. The Hall–Kier alpha value is -3.00. The van der Waals surface area contributed by atoms with Crippen molar-refractivity contribution in [1.82, 2.24) is 5.32 Å². The zero-order valence-electron chi connectivity index (χ0n) is 14.1. The molecule has 5 heteroatoms. The van der Waals surface area contributed by atoms with E-state index in [1.807, 2.05) is 36.4 Å². The minimum atomic E-state index is -0.174. The van der Waals surface area contributed by atoms with Gasteiger partial charge in [-0.2, -0.15) is 5.26 Å². The Balaban J connectivity index is 1.62. The van der Waals surface area contributed by atoms with Gasteiger partial charge in [0.2, 0.25) is 0 Å². The molecule has 1 N–H and O–H groups in total. The molecule has 1 fully saturated rings. The van der Waals surface area contributed by atoms with Crippen LogP contribution in [0.3, 0.4) is 0 Å². The Morgan fingerprint density at radius 2 is 2.00 bits per heavy atom. The van der Waals surface area contributed by atoms with Gasteiger partial charge in [-0.25, -0.2) is 0 Å². The van der Waals surface area contributed by atoms with Gasteiger partial charge in [0.05, 0.1) is 24.8 Å². The van der Waals surface area contributed by atoms with Gasteiger partial charge in [-0.3, -0.25) is 4.79 Å². The molecule has 128 valence electrons. The second-order valence-corrected chi connectivity index (χ2v) is 6.06. The Morgan fingerprint density at radius 1 is 1.24 bits per heavy atom. The fourth-order valence-corrected chi connectivity index (χ4v) is 2.78. The highest BCUT2D eigenvalue weighted by atomic mass is 16.5. The van der Waals surface area contributed by atoms with Crippen molar-refractivity contribution in [2.75, 3.05) is 13.7 Å². The first-order valence-corrected chi connectivity index (χ1v) is 8.26. The van der Waals surface area contributed by atoms with Gasteiger partial charge in [-0.05, 0) is 36.5 Å². The van der Waals surface area contributed by atoms with Crippen LogP contribution in [0.25, 0.3) is 0 Å². The summed E-state index contributed by atoms with van der Waals surface area (Å²) in [7, 11) is 1.50. The minimum Gasteiger partial charge on any atom is -0.493 e. The van der Waals surface area contributed by atoms with E-state index in [-0.39, 0.29) is 18.6 Å². The van der Waals surface area contributed by atoms with Gasteiger partial charge in [0.15, 0.2) is 18.1 Å². The number of hydrogen-bond acceptors (Lipinski definition) is 4. The number of ether oxygens (including phenoxy) is 2. The molecule has 0 heterocycles. The molecule has 1 atom stereocenters. The van der Waals surface area contributed by atoms with Crippen molar-refractivity contribution in [2.45, 2.75) is 18.9 Å². The normalized spacial score (nSPS) is 14.2. The van der Waals surface area contributed by atoms with E-state index >= 15 is 0 Å². The van der Waals surface area contributed by atoms with Crippen LogP contribution >= 0.6 is 0 Å². The molecule has 5 nitrogen and oxygen atoms in total. The Bertz CT molecular complexity index is 779. The lowest BCUT2D eigenvalue weighted by Gasteiger charge is -2.19. The lowest BCUT2D eigenvalue weighted by Crippen LogP contribution is -2.33. The van der Waals surface area contributed by atoms with E-state index in [4.69, 9.17) is 14.7 Å². The summed E-state index contributed by atoms with van der Waals surface area (Å²) in [5.74, 6) is 1.20. The van der Waals surface area contributed by atoms with Gasteiger partial charge in [-0.1, -0.05) is 30.3 Å². The van der Waals surface area contributed by atoms with E-state index in [2.05, 4.69) is 5.32 Å². The number of benzene rings is 2. The van der Waals surface area contributed by atoms with Gasteiger partial charge in [0.1, 0.15) is 0 Å². The van der Waals surface area contributed by atoms with Crippen molar-refractivity contribution in [1.29, 1.82) is 5.26 Å². The first-order valence-electron chi connectivity index (χ1n) is 8.26. The van der Waals surface area contributed by atoms with Crippen molar-refractivity contribution in [3.63, 3.8) is 0 Å². The van der Waals surface area contributed by atoms with Gasteiger partial charge in [0, 0.05) is 6.07 Å². The second-order valence-electron chi connectivity index (χ2n) is 6.06. The lowest BCUT2D eigenvalue weighted by atomic mass is 10.0. The van der Waals surface area contributed by atoms with E-state index in [0.717, 1.165) is 18.4 Å². The third-order valence-corrected chi connectivity index (χ3v) is 4.22. The highest BCUT2D eigenvalue weighted by molar-refractivity contribution is 5.78. The molecule has 1 saturated carbocycles. The molecule has 0 aliphatic heterocycles. The molecule has 0 radical (unpaired) electrons. The molecule has 1 aliphatic rings. The molecule has 0 saturated heterocycles. The maximum Gasteiger partial charge on any atom is 0.258 e. The number of methoxy groups -OCH3 is 1. The average Bonchev–Trinajstić information content (AvgIpc) is 3.50. The largest absolute Gasteiger partial charge is 0.493 e. The third kappa shape index (κ3) is 4.30. The van der Waals surface area contributed by atoms with Crippen LogP contribution in [0.5, 0.6) is 11.5 Å². The van der Waals surface area contributed by atoms with Crippen LogP contribution in [0.4, 0.5) is 0 Å². The molecule has 25 heavy (non-hydrogen) atoms. The van der Waals surface area contributed by atoms with Crippen LogP contribution in [0, 0.1) is 17.2 Å². The molecule has 1 unspecified atom stereocenters. The summed E-state index contributed by atoms with van der Waals surface area (Å²) in [6.07, 6.45) is 2.26. The second kappa shape index (κ2) is 7.71. The highest BCUT2D eigenvalue weighted by Crippen LogP contribution is 2.40. The van der Waals surface area contributed by atoms with Crippen LogP contribution in [-0.4, -0.2) is 19.6 Å². The monoisotopic (exact) mass is 336 g/mol. The zero-order chi connectivity index (χ0) is 17.6. The Kier molecular flexibility index (Phi) is 5.20. The summed E-state index contributed by atoms with van der Waals surface area (Å²) in [6.45, 7) is -0.0989. The van der Waals surface area contributed by atoms with Crippen LogP contribution in [0.15, 0.2) is 48.5 Å².